The van der Waals surface area contributed by atoms with Gasteiger partial charge in [0.2, 0.25) is 17.8 Å². The normalized spacial score (nSPS) is 14.9. The molecule has 182 valence electrons. The number of carbonyl (C=O) groups is 2. The van der Waals surface area contributed by atoms with E-state index in [9.17, 15) is 9.59 Å². The van der Waals surface area contributed by atoms with Gasteiger partial charge in [-0.2, -0.15) is 9.97 Å². The Morgan fingerprint density at radius 1 is 1.09 bits per heavy atom. The van der Waals surface area contributed by atoms with Crippen molar-refractivity contribution in [3.8, 4) is 0 Å². The second kappa shape index (κ2) is 10.9. The van der Waals surface area contributed by atoms with E-state index >= 15 is 0 Å². The fourth-order valence-electron chi connectivity index (χ4n) is 3.33. The maximum absolute atomic E-state index is 12.5. The molecular formula is C20H33N9O3S. The van der Waals surface area contributed by atoms with Gasteiger partial charge in [0.15, 0.2) is 5.16 Å². The van der Waals surface area contributed by atoms with Gasteiger partial charge in [-0.3, -0.25) is 4.79 Å². The molecule has 33 heavy (non-hydrogen) atoms. The first-order chi connectivity index (χ1) is 15.7. The Kier molecular flexibility index (Phi) is 8.16. The molecule has 2 amide bonds. The topological polar surface area (TPSA) is 139 Å². The van der Waals surface area contributed by atoms with Gasteiger partial charge >= 0.3 is 6.09 Å². The van der Waals surface area contributed by atoms with Crippen molar-refractivity contribution in [2.24, 2.45) is 0 Å². The Hall–Kier alpha value is -2.83. The van der Waals surface area contributed by atoms with Gasteiger partial charge in [0.1, 0.15) is 5.60 Å². The molecule has 3 rings (SSSR count). The second-order valence-electron chi connectivity index (χ2n) is 8.65. The molecule has 12 nitrogen and oxygen atoms in total. The van der Waals surface area contributed by atoms with E-state index in [-0.39, 0.29) is 23.8 Å². The van der Waals surface area contributed by atoms with Gasteiger partial charge < -0.3 is 25.6 Å². The van der Waals surface area contributed by atoms with Crippen LogP contribution in [0.5, 0.6) is 0 Å². The molecule has 1 aliphatic rings. The van der Waals surface area contributed by atoms with Gasteiger partial charge in [-0.1, -0.05) is 11.8 Å². The van der Waals surface area contributed by atoms with Crippen LogP contribution in [0.1, 0.15) is 47.5 Å². The minimum atomic E-state index is -0.517. The number of carbonyl (C=O) groups excluding carboxylic acids is 2. The van der Waals surface area contributed by atoms with Crippen molar-refractivity contribution in [2.45, 2.75) is 64.3 Å². The van der Waals surface area contributed by atoms with Gasteiger partial charge in [-0.25, -0.2) is 9.20 Å². The molecule has 2 aromatic rings. The number of aromatic nitrogens is 5. The zero-order valence-electron chi connectivity index (χ0n) is 19.8. The quantitative estimate of drug-likeness (QED) is 0.482. The number of rotatable bonds is 8. The van der Waals surface area contributed by atoms with Crippen molar-refractivity contribution in [1.82, 2.24) is 34.8 Å². The molecule has 3 heterocycles. The average Bonchev–Trinajstić information content (AvgIpc) is 3.15. The lowest BCUT2D eigenvalue weighted by Gasteiger charge is -2.33. The Bertz CT molecular complexity index is 968. The molecule has 0 saturated carbocycles. The van der Waals surface area contributed by atoms with Crippen molar-refractivity contribution >= 4 is 41.4 Å². The SMILES string of the molecule is CCNc1nc(NCC)n2c(SCC(=O)NC3CCN(C(=O)OC(C)(C)C)CC3)nnc2n1. The average molecular weight is 480 g/mol. The third-order valence-corrected chi connectivity index (χ3v) is 5.69. The third kappa shape index (κ3) is 6.83. The van der Waals surface area contributed by atoms with Crippen LogP contribution in [0, 0.1) is 0 Å². The number of hydrogen-bond donors (Lipinski definition) is 3. The van der Waals surface area contributed by atoms with Gasteiger partial charge in [0, 0.05) is 32.2 Å². The van der Waals surface area contributed by atoms with E-state index in [1.165, 1.54) is 11.8 Å². The van der Waals surface area contributed by atoms with Crippen LogP contribution in [-0.4, -0.2) is 85.0 Å². The summed E-state index contributed by atoms with van der Waals surface area (Å²) in [4.78, 5) is 35.3. The standard InChI is InChI=1S/C20H33N9O3S/c1-6-21-15-24-16(22-7-2)29-17(25-15)26-27-18(29)33-12-14(30)23-13-8-10-28(11-9-13)19(31)32-20(3,4)5/h13H,6-12H2,1-5H3,(H,23,30)(H2,21,22,24,25,26). The number of piperidine rings is 1. The van der Waals surface area contributed by atoms with Gasteiger partial charge in [0.05, 0.1) is 5.75 Å². The Morgan fingerprint density at radius 3 is 2.42 bits per heavy atom. The van der Waals surface area contributed by atoms with Crippen LogP contribution in [0.4, 0.5) is 16.7 Å². The molecule has 13 heteroatoms. The van der Waals surface area contributed by atoms with Crippen molar-refractivity contribution < 1.29 is 14.3 Å². The van der Waals surface area contributed by atoms with E-state index in [2.05, 4.69) is 36.1 Å². The first-order valence-electron chi connectivity index (χ1n) is 11.2. The highest BCUT2D eigenvalue weighted by atomic mass is 32.2. The maximum atomic E-state index is 12.5. The first-order valence-corrected chi connectivity index (χ1v) is 12.2. The minimum Gasteiger partial charge on any atom is -0.444 e. The molecule has 1 saturated heterocycles. The third-order valence-electron chi connectivity index (χ3n) is 4.76. The van der Waals surface area contributed by atoms with E-state index in [0.717, 1.165) is 0 Å². The number of fused-ring (bicyclic) bond motifs is 1. The van der Waals surface area contributed by atoms with E-state index in [1.54, 1.807) is 9.30 Å². The summed E-state index contributed by atoms with van der Waals surface area (Å²) in [5.41, 5.74) is -0.517. The highest BCUT2D eigenvalue weighted by Crippen LogP contribution is 2.21. The summed E-state index contributed by atoms with van der Waals surface area (Å²) in [7, 11) is 0. The summed E-state index contributed by atoms with van der Waals surface area (Å²) in [6, 6.07) is 0.0234. The van der Waals surface area contributed by atoms with Gasteiger partial charge in [0.25, 0.3) is 5.78 Å². The number of anilines is 2. The van der Waals surface area contributed by atoms with Crippen molar-refractivity contribution in [2.75, 3.05) is 42.6 Å². The van der Waals surface area contributed by atoms with E-state index in [4.69, 9.17) is 4.74 Å². The maximum Gasteiger partial charge on any atom is 0.410 e. The molecule has 3 N–H and O–H groups in total. The van der Waals surface area contributed by atoms with Crippen LogP contribution >= 0.6 is 11.8 Å². The zero-order valence-corrected chi connectivity index (χ0v) is 20.7. The smallest absolute Gasteiger partial charge is 0.410 e. The van der Waals surface area contributed by atoms with Crippen molar-refractivity contribution in [3.05, 3.63) is 0 Å². The molecule has 0 aliphatic carbocycles. The predicted molar refractivity (Wildman–Crippen MR) is 127 cm³/mol. The number of ether oxygens (including phenoxy) is 1. The van der Waals surface area contributed by atoms with Crippen LogP contribution in [-0.2, 0) is 9.53 Å². The van der Waals surface area contributed by atoms with Crippen LogP contribution in [0.2, 0.25) is 0 Å². The molecule has 1 aliphatic heterocycles. The lowest BCUT2D eigenvalue weighted by Crippen LogP contribution is -2.48. The van der Waals surface area contributed by atoms with Crippen molar-refractivity contribution in [1.29, 1.82) is 0 Å². The van der Waals surface area contributed by atoms with Gasteiger partial charge in [-0.05, 0) is 47.5 Å². The minimum absolute atomic E-state index is 0.0234. The van der Waals surface area contributed by atoms with E-state index < -0.39 is 5.60 Å². The lowest BCUT2D eigenvalue weighted by molar-refractivity contribution is -0.119. The summed E-state index contributed by atoms with van der Waals surface area (Å²) in [6.07, 6.45) is 1.07. The number of hydrogen-bond acceptors (Lipinski definition) is 10. The summed E-state index contributed by atoms with van der Waals surface area (Å²) < 4.78 is 7.13. The summed E-state index contributed by atoms with van der Waals surface area (Å²) in [5.74, 6) is 1.55. The zero-order chi connectivity index (χ0) is 24.0. The van der Waals surface area contributed by atoms with Crippen molar-refractivity contribution in [3.63, 3.8) is 0 Å². The molecule has 0 atom stereocenters. The molecule has 1 fully saturated rings. The highest BCUT2D eigenvalue weighted by molar-refractivity contribution is 7.99. The number of nitrogens with zero attached hydrogens (tertiary/aromatic N) is 6. The lowest BCUT2D eigenvalue weighted by atomic mass is 10.1. The fourth-order valence-corrected chi connectivity index (χ4v) is 4.07. The molecule has 0 spiro atoms. The van der Waals surface area contributed by atoms with Gasteiger partial charge in [-0.15, -0.1) is 10.2 Å². The Balaban J connectivity index is 1.54. The molecule has 0 aromatic carbocycles. The number of likely N-dealkylation sites (tertiary alicyclic amines) is 1. The summed E-state index contributed by atoms with van der Waals surface area (Å²) >= 11 is 1.28. The Morgan fingerprint density at radius 2 is 1.79 bits per heavy atom. The molecular weight excluding hydrogens is 446 g/mol. The number of nitrogens with one attached hydrogen (secondary N) is 3. The van der Waals surface area contributed by atoms with Crippen LogP contribution in [0.25, 0.3) is 5.78 Å². The summed E-state index contributed by atoms with van der Waals surface area (Å²) in [6.45, 7) is 12.0. The molecule has 0 radical (unpaired) electrons. The van der Waals surface area contributed by atoms with Crippen LogP contribution in [0.15, 0.2) is 5.16 Å². The molecule has 2 aromatic heterocycles. The van der Waals surface area contributed by atoms with Crippen LogP contribution in [0.3, 0.4) is 0 Å². The largest absolute Gasteiger partial charge is 0.444 e. The Labute approximate surface area is 197 Å². The first kappa shape index (κ1) is 24.8. The predicted octanol–water partition coefficient (Wildman–Crippen LogP) is 1.99. The number of amides is 2. The number of thioether (sulfide) groups is 1. The van der Waals surface area contributed by atoms with E-state index in [1.807, 2.05) is 34.6 Å². The molecule has 0 unspecified atom stereocenters. The van der Waals surface area contributed by atoms with Crippen LogP contribution < -0.4 is 16.0 Å². The summed E-state index contributed by atoms with van der Waals surface area (Å²) in [5, 5.41) is 18.2. The second-order valence-corrected chi connectivity index (χ2v) is 9.59. The van der Waals surface area contributed by atoms with E-state index in [0.29, 0.717) is 61.9 Å². The highest BCUT2D eigenvalue weighted by Gasteiger charge is 2.27. The monoisotopic (exact) mass is 479 g/mol. The fraction of sp³-hybridized carbons (Fsp3) is 0.700. The molecule has 0 bridgehead atoms.